The number of halogens is 1. The van der Waals surface area contributed by atoms with Gasteiger partial charge in [-0.2, -0.15) is 0 Å². The molecule has 0 aliphatic carbocycles. The predicted molar refractivity (Wildman–Crippen MR) is 84.8 cm³/mol. The van der Waals surface area contributed by atoms with Crippen LogP contribution in [0.2, 0.25) is 0 Å². The summed E-state index contributed by atoms with van der Waals surface area (Å²) in [5, 5.41) is 9.93. The fourth-order valence-electron chi connectivity index (χ4n) is 2.45. The Hall–Kier alpha value is -1.87. The van der Waals surface area contributed by atoms with E-state index in [0.717, 1.165) is 12.2 Å². The second-order valence-electron chi connectivity index (χ2n) is 5.59. The number of hydrogen-bond donors (Lipinski definition) is 1. The first-order chi connectivity index (χ1) is 9.99. The number of aliphatic hydroxyl groups is 1. The van der Waals surface area contributed by atoms with Crippen molar-refractivity contribution in [3.63, 3.8) is 0 Å². The van der Waals surface area contributed by atoms with Crippen LogP contribution in [0.3, 0.4) is 0 Å². The monoisotopic (exact) mass is 287 g/mol. The number of benzene rings is 2. The molecule has 0 spiro atoms. The zero-order chi connectivity index (χ0) is 15.4. The Bertz CT molecular complexity index is 581. The Kier molecular flexibility index (Phi) is 4.97. The van der Waals surface area contributed by atoms with Crippen molar-refractivity contribution >= 4 is 5.69 Å². The highest BCUT2D eigenvalue weighted by Gasteiger charge is 2.18. The maximum absolute atomic E-state index is 13.5. The Morgan fingerprint density at radius 3 is 2.29 bits per heavy atom. The van der Waals surface area contributed by atoms with Crippen LogP contribution in [-0.4, -0.2) is 11.1 Å². The highest BCUT2D eigenvalue weighted by molar-refractivity contribution is 5.55. The predicted octanol–water partition coefficient (Wildman–Crippen LogP) is 4.29. The van der Waals surface area contributed by atoms with Gasteiger partial charge in [0, 0.05) is 23.8 Å². The smallest absolute Gasteiger partial charge is 0.123 e. The van der Waals surface area contributed by atoms with E-state index in [1.165, 1.54) is 17.7 Å². The minimum Gasteiger partial charge on any atom is -0.389 e. The third-order valence-corrected chi connectivity index (χ3v) is 3.57. The summed E-state index contributed by atoms with van der Waals surface area (Å²) in [7, 11) is 0. The molecule has 2 rings (SSSR count). The van der Waals surface area contributed by atoms with Crippen LogP contribution in [0, 0.1) is 5.82 Å². The molecular weight excluding hydrogens is 265 g/mol. The van der Waals surface area contributed by atoms with Gasteiger partial charge in [-0.15, -0.1) is 0 Å². The van der Waals surface area contributed by atoms with Crippen LogP contribution in [0.25, 0.3) is 0 Å². The molecular formula is C18H22FNO. The van der Waals surface area contributed by atoms with Gasteiger partial charge in [-0.3, -0.25) is 0 Å². The molecule has 0 aliphatic heterocycles. The first-order valence-corrected chi connectivity index (χ1v) is 7.27. The fourth-order valence-corrected chi connectivity index (χ4v) is 2.45. The largest absolute Gasteiger partial charge is 0.389 e. The van der Waals surface area contributed by atoms with Gasteiger partial charge in [0.2, 0.25) is 0 Å². The minimum atomic E-state index is -0.701. The third kappa shape index (κ3) is 3.82. The highest BCUT2D eigenvalue weighted by Crippen LogP contribution is 2.30. The normalized spacial score (nSPS) is 12.5. The molecule has 0 aromatic heterocycles. The summed E-state index contributed by atoms with van der Waals surface area (Å²) in [6.45, 7) is 6.58. The zero-order valence-corrected chi connectivity index (χ0v) is 12.8. The summed E-state index contributed by atoms with van der Waals surface area (Å²) in [5.74, 6) is -0.321. The van der Waals surface area contributed by atoms with E-state index >= 15 is 0 Å². The average molecular weight is 287 g/mol. The van der Waals surface area contributed by atoms with Crippen molar-refractivity contribution in [3.05, 3.63) is 65.5 Å². The second-order valence-corrected chi connectivity index (χ2v) is 5.59. The second kappa shape index (κ2) is 6.72. The van der Waals surface area contributed by atoms with Gasteiger partial charge >= 0.3 is 0 Å². The van der Waals surface area contributed by atoms with Crippen molar-refractivity contribution in [1.29, 1.82) is 0 Å². The number of nitrogens with zero attached hydrogens (tertiary/aromatic N) is 1. The lowest BCUT2D eigenvalue weighted by Crippen LogP contribution is -2.31. The third-order valence-electron chi connectivity index (χ3n) is 3.57. The Morgan fingerprint density at radius 2 is 1.71 bits per heavy atom. The van der Waals surface area contributed by atoms with Crippen molar-refractivity contribution in [2.24, 2.45) is 0 Å². The molecule has 1 N–H and O–H groups in total. The number of aliphatic hydroxyl groups excluding tert-OH is 1. The van der Waals surface area contributed by atoms with Gasteiger partial charge in [0.05, 0.1) is 6.10 Å². The molecule has 0 aliphatic rings. The SMILES string of the molecule is CC(O)c1cc(F)ccc1N(Cc1ccccc1)C(C)C. The van der Waals surface area contributed by atoms with Gasteiger partial charge in [-0.05, 0) is 44.5 Å². The van der Waals surface area contributed by atoms with Crippen LogP contribution in [0.5, 0.6) is 0 Å². The molecule has 1 unspecified atom stereocenters. The summed E-state index contributed by atoms with van der Waals surface area (Å²) in [5.41, 5.74) is 2.69. The average Bonchev–Trinajstić information content (AvgIpc) is 2.46. The Labute approximate surface area is 125 Å². The van der Waals surface area contributed by atoms with Crippen LogP contribution in [0.15, 0.2) is 48.5 Å². The topological polar surface area (TPSA) is 23.5 Å². The van der Waals surface area contributed by atoms with E-state index in [1.54, 1.807) is 13.0 Å². The van der Waals surface area contributed by atoms with E-state index in [-0.39, 0.29) is 11.9 Å². The summed E-state index contributed by atoms with van der Waals surface area (Å²) >= 11 is 0. The van der Waals surface area contributed by atoms with Crippen molar-refractivity contribution < 1.29 is 9.50 Å². The maximum Gasteiger partial charge on any atom is 0.123 e. The molecule has 0 saturated heterocycles. The molecule has 0 heterocycles. The molecule has 21 heavy (non-hydrogen) atoms. The van der Waals surface area contributed by atoms with Gasteiger partial charge < -0.3 is 10.0 Å². The van der Waals surface area contributed by atoms with Crippen LogP contribution >= 0.6 is 0 Å². The molecule has 0 radical (unpaired) electrons. The lowest BCUT2D eigenvalue weighted by molar-refractivity contribution is 0.199. The van der Waals surface area contributed by atoms with Crippen molar-refractivity contribution in [1.82, 2.24) is 0 Å². The van der Waals surface area contributed by atoms with Gasteiger partial charge in [0.15, 0.2) is 0 Å². The molecule has 3 heteroatoms. The molecule has 1 atom stereocenters. The van der Waals surface area contributed by atoms with Crippen LogP contribution in [0.4, 0.5) is 10.1 Å². The van der Waals surface area contributed by atoms with Gasteiger partial charge in [-0.1, -0.05) is 30.3 Å². The van der Waals surface area contributed by atoms with E-state index in [1.807, 2.05) is 18.2 Å². The number of anilines is 1. The first kappa shape index (κ1) is 15.5. The van der Waals surface area contributed by atoms with Crippen molar-refractivity contribution in [3.8, 4) is 0 Å². The molecule has 0 bridgehead atoms. The lowest BCUT2D eigenvalue weighted by Gasteiger charge is -2.32. The Balaban J connectivity index is 2.39. The van der Waals surface area contributed by atoms with E-state index < -0.39 is 6.10 Å². The van der Waals surface area contributed by atoms with Gasteiger partial charge in [-0.25, -0.2) is 4.39 Å². The standard InChI is InChI=1S/C18H22FNO/c1-13(2)20(12-15-7-5-4-6-8-15)18-10-9-16(19)11-17(18)14(3)21/h4-11,13-14,21H,12H2,1-3H3. The van der Waals surface area contributed by atoms with Crippen LogP contribution < -0.4 is 4.90 Å². The lowest BCUT2D eigenvalue weighted by atomic mass is 10.0. The minimum absolute atomic E-state index is 0.244. The van der Waals surface area contributed by atoms with E-state index in [9.17, 15) is 9.50 Å². The summed E-state index contributed by atoms with van der Waals surface area (Å²) in [6, 6.07) is 15.0. The highest BCUT2D eigenvalue weighted by atomic mass is 19.1. The van der Waals surface area contributed by atoms with Crippen molar-refractivity contribution in [2.45, 2.75) is 39.5 Å². The molecule has 2 nitrogen and oxygen atoms in total. The van der Waals surface area contributed by atoms with E-state index in [2.05, 4.69) is 30.9 Å². The quantitative estimate of drug-likeness (QED) is 0.886. The summed E-state index contributed by atoms with van der Waals surface area (Å²) in [6.07, 6.45) is -0.701. The number of rotatable bonds is 5. The molecule has 2 aromatic rings. The van der Waals surface area contributed by atoms with Gasteiger partial charge in [0.1, 0.15) is 5.82 Å². The van der Waals surface area contributed by atoms with E-state index in [0.29, 0.717) is 5.56 Å². The van der Waals surface area contributed by atoms with Gasteiger partial charge in [0.25, 0.3) is 0 Å². The van der Waals surface area contributed by atoms with Crippen molar-refractivity contribution in [2.75, 3.05) is 4.90 Å². The molecule has 0 fully saturated rings. The first-order valence-electron chi connectivity index (χ1n) is 7.27. The molecule has 2 aromatic carbocycles. The fraction of sp³-hybridized carbons (Fsp3) is 0.333. The van der Waals surface area contributed by atoms with Crippen LogP contribution in [-0.2, 0) is 6.54 Å². The summed E-state index contributed by atoms with van der Waals surface area (Å²) in [4.78, 5) is 2.18. The van der Waals surface area contributed by atoms with E-state index in [4.69, 9.17) is 0 Å². The molecule has 0 amide bonds. The summed E-state index contributed by atoms with van der Waals surface area (Å²) < 4.78 is 13.5. The molecule has 112 valence electrons. The number of hydrogen-bond acceptors (Lipinski definition) is 2. The van der Waals surface area contributed by atoms with Crippen LogP contribution in [0.1, 0.15) is 38.0 Å². The Morgan fingerprint density at radius 1 is 1.05 bits per heavy atom. The maximum atomic E-state index is 13.5. The molecule has 0 saturated carbocycles. The zero-order valence-electron chi connectivity index (χ0n) is 12.8.